The van der Waals surface area contributed by atoms with Gasteiger partial charge in [0.15, 0.2) is 0 Å². The number of anilines is 1. The molecule has 0 radical (unpaired) electrons. The SMILES string of the molecule is CCn1cc(-c2nc(C(=O)Nc3cccc(OC)c3)cs2)c2cccnc21. The zero-order valence-electron chi connectivity index (χ0n) is 15.0. The van der Waals surface area contributed by atoms with Crippen molar-refractivity contribution in [2.45, 2.75) is 13.5 Å². The Kier molecular flexibility index (Phi) is 4.60. The smallest absolute Gasteiger partial charge is 0.275 e. The standard InChI is InChI=1S/C20H18N4O2S/c1-3-24-11-16(15-8-5-9-21-18(15)24)20-23-17(12-27-20)19(25)22-13-6-4-7-14(10-13)26-2/h4-12H,3H2,1-2H3,(H,22,25). The number of hydrogen-bond acceptors (Lipinski definition) is 5. The number of methoxy groups -OCH3 is 1. The lowest BCUT2D eigenvalue weighted by atomic mass is 10.2. The fourth-order valence-electron chi connectivity index (χ4n) is 2.93. The van der Waals surface area contributed by atoms with Gasteiger partial charge >= 0.3 is 0 Å². The number of aryl methyl sites for hydroxylation is 1. The Morgan fingerprint density at radius 1 is 1.30 bits per heavy atom. The van der Waals surface area contributed by atoms with Crippen molar-refractivity contribution in [1.29, 1.82) is 0 Å². The summed E-state index contributed by atoms with van der Waals surface area (Å²) in [5.74, 6) is 0.440. The number of rotatable bonds is 5. The van der Waals surface area contributed by atoms with Crippen LogP contribution in [0.4, 0.5) is 5.69 Å². The van der Waals surface area contributed by atoms with Gasteiger partial charge in [-0.25, -0.2) is 9.97 Å². The van der Waals surface area contributed by atoms with E-state index in [-0.39, 0.29) is 5.91 Å². The molecule has 0 aliphatic rings. The third kappa shape index (κ3) is 3.29. The van der Waals surface area contributed by atoms with Crippen LogP contribution in [0.3, 0.4) is 0 Å². The van der Waals surface area contributed by atoms with E-state index in [9.17, 15) is 4.79 Å². The number of nitrogens with zero attached hydrogens (tertiary/aromatic N) is 3. The van der Waals surface area contributed by atoms with E-state index in [1.165, 1.54) is 11.3 Å². The lowest BCUT2D eigenvalue weighted by molar-refractivity contribution is 0.102. The lowest BCUT2D eigenvalue weighted by Crippen LogP contribution is -2.12. The van der Waals surface area contributed by atoms with Gasteiger partial charge in [-0.3, -0.25) is 4.79 Å². The predicted molar refractivity (Wildman–Crippen MR) is 107 cm³/mol. The van der Waals surface area contributed by atoms with E-state index in [1.54, 1.807) is 24.8 Å². The highest BCUT2D eigenvalue weighted by molar-refractivity contribution is 7.13. The number of carbonyl (C=O) groups excluding carboxylic acids is 1. The van der Waals surface area contributed by atoms with Crippen molar-refractivity contribution in [3.63, 3.8) is 0 Å². The molecular weight excluding hydrogens is 360 g/mol. The van der Waals surface area contributed by atoms with Crippen molar-refractivity contribution in [2.24, 2.45) is 0 Å². The number of nitrogens with one attached hydrogen (secondary N) is 1. The second kappa shape index (κ2) is 7.20. The van der Waals surface area contributed by atoms with E-state index in [0.717, 1.165) is 28.1 Å². The van der Waals surface area contributed by atoms with Crippen molar-refractivity contribution < 1.29 is 9.53 Å². The van der Waals surface area contributed by atoms with Gasteiger partial charge in [-0.05, 0) is 31.2 Å². The van der Waals surface area contributed by atoms with Gasteiger partial charge in [-0.15, -0.1) is 11.3 Å². The molecule has 4 rings (SSSR count). The molecule has 6 nitrogen and oxygen atoms in total. The maximum atomic E-state index is 12.6. The van der Waals surface area contributed by atoms with Crippen LogP contribution in [0.15, 0.2) is 54.2 Å². The third-order valence-corrected chi connectivity index (χ3v) is 5.14. The van der Waals surface area contributed by atoms with Crippen molar-refractivity contribution in [2.75, 3.05) is 12.4 Å². The summed E-state index contributed by atoms with van der Waals surface area (Å²) in [6.07, 6.45) is 3.83. The molecule has 1 amide bonds. The summed E-state index contributed by atoms with van der Waals surface area (Å²) in [5, 5.41) is 6.47. The van der Waals surface area contributed by atoms with Crippen molar-refractivity contribution >= 4 is 34.0 Å². The Morgan fingerprint density at radius 3 is 3.00 bits per heavy atom. The van der Waals surface area contributed by atoms with E-state index in [4.69, 9.17) is 4.74 Å². The van der Waals surface area contributed by atoms with Crippen molar-refractivity contribution in [3.8, 4) is 16.3 Å². The molecule has 0 spiro atoms. The van der Waals surface area contributed by atoms with Crippen LogP contribution in [0.2, 0.25) is 0 Å². The Labute approximate surface area is 160 Å². The molecule has 1 aromatic carbocycles. The van der Waals surface area contributed by atoms with Crippen LogP contribution in [0, 0.1) is 0 Å². The molecule has 0 saturated heterocycles. The van der Waals surface area contributed by atoms with Crippen LogP contribution in [0.1, 0.15) is 17.4 Å². The number of thiazole rings is 1. The molecule has 7 heteroatoms. The molecule has 0 atom stereocenters. The van der Waals surface area contributed by atoms with Gasteiger partial charge in [-0.1, -0.05) is 6.07 Å². The number of benzene rings is 1. The summed E-state index contributed by atoms with van der Waals surface area (Å²) in [5.41, 5.74) is 2.97. The first-order chi connectivity index (χ1) is 13.2. The zero-order chi connectivity index (χ0) is 18.8. The number of ether oxygens (including phenoxy) is 1. The van der Waals surface area contributed by atoms with E-state index < -0.39 is 0 Å². The second-order valence-corrected chi connectivity index (χ2v) is 6.79. The highest BCUT2D eigenvalue weighted by Crippen LogP contribution is 2.32. The minimum absolute atomic E-state index is 0.247. The van der Waals surface area contributed by atoms with Crippen molar-refractivity contribution in [1.82, 2.24) is 14.5 Å². The summed E-state index contributed by atoms with van der Waals surface area (Å²) >= 11 is 1.45. The Hall–Kier alpha value is -3.19. The summed E-state index contributed by atoms with van der Waals surface area (Å²) < 4.78 is 7.27. The number of pyridine rings is 1. The van der Waals surface area contributed by atoms with Crippen LogP contribution >= 0.6 is 11.3 Å². The summed E-state index contributed by atoms with van der Waals surface area (Å²) in [6, 6.07) is 11.2. The van der Waals surface area contributed by atoms with Gasteiger partial charge < -0.3 is 14.6 Å². The van der Waals surface area contributed by atoms with E-state index in [1.807, 2.05) is 36.5 Å². The molecule has 0 fully saturated rings. The molecule has 0 aliphatic carbocycles. The molecule has 0 bridgehead atoms. The van der Waals surface area contributed by atoms with Gasteiger partial charge in [0.2, 0.25) is 0 Å². The lowest BCUT2D eigenvalue weighted by Gasteiger charge is -2.05. The van der Waals surface area contributed by atoms with E-state index in [0.29, 0.717) is 17.1 Å². The summed E-state index contributed by atoms with van der Waals surface area (Å²) in [6.45, 7) is 2.90. The van der Waals surface area contributed by atoms with Gasteiger partial charge in [0.05, 0.1) is 7.11 Å². The van der Waals surface area contributed by atoms with Crippen LogP contribution in [0.5, 0.6) is 5.75 Å². The van der Waals surface area contributed by atoms with Crippen molar-refractivity contribution in [3.05, 3.63) is 59.9 Å². The second-order valence-electron chi connectivity index (χ2n) is 5.93. The highest BCUT2D eigenvalue weighted by Gasteiger charge is 2.16. The molecule has 4 aromatic rings. The number of amides is 1. The minimum atomic E-state index is -0.247. The minimum Gasteiger partial charge on any atom is -0.497 e. The fraction of sp³-hybridized carbons (Fsp3) is 0.150. The van der Waals surface area contributed by atoms with E-state index in [2.05, 4.69) is 26.8 Å². The maximum Gasteiger partial charge on any atom is 0.275 e. The first-order valence-electron chi connectivity index (χ1n) is 8.54. The molecular formula is C20H18N4O2S. The maximum absolute atomic E-state index is 12.6. The third-order valence-electron chi connectivity index (χ3n) is 4.27. The topological polar surface area (TPSA) is 69.0 Å². The summed E-state index contributed by atoms with van der Waals surface area (Å²) in [4.78, 5) is 21.6. The average Bonchev–Trinajstić information content (AvgIpc) is 3.33. The molecule has 0 saturated carbocycles. The van der Waals surface area contributed by atoms with Gasteiger partial charge in [0.25, 0.3) is 5.91 Å². The van der Waals surface area contributed by atoms with Crippen LogP contribution < -0.4 is 10.1 Å². The molecule has 0 unspecified atom stereocenters. The number of fused-ring (bicyclic) bond motifs is 1. The largest absolute Gasteiger partial charge is 0.497 e. The summed E-state index contributed by atoms with van der Waals surface area (Å²) in [7, 11) is 1.59. The van der Waals surface area contributed by atoms with Crippen LogP contribution in [0.25, 0.3) is 21.6 Å². The molecule has 3 aromatic heterocycles. The highest BCUT2D eigenvalue weighted by atomic mass is 32.1. The normalized spacial score (nSPS) is 10.9. The predicted octanol–water partition coefficient (Wildman–Crippen LogP) is 4.44. The first-order valence-corrected chi connectivity index (χ1v) is 9.42. The fourth-order valence-corrected chi connectivity index (χ4v) is 3.76. The molecule has 136 valence electrons. The molecule has 1 N–H and O–H groups in total. The molecule has 3 heterocycles. The number of aromatic nitrogens is 3. The number of carbonyl (C=O) groups is 1. The Balaban J connectivity index is 1.63. The molecule has 0 aliphatic heterocycles. The van der Waals surface area contributed by atoms with Crippen LogP contribution in [-0.2, 0) is 6.54 Å². The van der Waals surface area contributed by atoms with Gasteiger partial charge in [-0.2, -0.15) is 0 Å². The van der Waals surface area contributed by atoms with Gasteiger partial charge in [0, 0.05) is 47.0 Å². The zero-order valence-corrected chi connectivity index (χ0v) is 15.8. The monoisotopic (exact) mass is 378 g/mol. The Bertz CT molecular complexity index is 1120. The molecule has 27 heavy (non-hydrogen) atoms. The van der Waals surface area contributed by atoms with Crippen LogP contribution in [-0.4, -0.2) is 27.6 Å². The number of hydrogen-bond donors (Lipinski definition) is 1. The Morgan fingerprint density at radius 2 is 2.19 bits per heavy atom. The van der Waals surface area contributed by atoms with E-state index >= 15 is 0 Å². The average molecular weight is 378 g/mol. The van der Waals surface area contributed by atoms with Gasteiger partial charge in [0.1, 0.15) is 22.1 Å². The first kappa shape index (κ1) is 17.2. The quantitative estimate of drug-likeness (QED) is 0.557.